The maximum absolute atomic E-state index is 12.8. The molecule has 160 valence electrons. The molecule has 0 aliphatic carbocycles. The fourth-order valence-electron chi connectivity index (χ4n) is 3.19. The van der Waals surface area contributed by atoms with E-state index in [2.05, 4.69) is 9.97 Å². The summed E-state index contributed by atoms with van der Waals surface area (Å²) in [5.41, 5.74) is -0.570. The SMILES string of the molecule is CC1(C)OB(c2cnc(S(=O)(=O)[C@H]3CCN(C(=O)[C@H](O)CO)C3)nc2)OC1(C)C. The second-order valence-corrected chi connectivity index (χ2v) is 10.4. The Morgan fingerprint density at radius 1 is 1.28 bits per heavy atom. The van der Waals surface area contributed by atoms with Gasteiger partial charge in [-0.2, -0.15) is 0 Å². The Kier molecular flexibility index (Phi) is 5.78. The third-order valence-corrected chi connectivity index (χ3v) is 7.76. The van der Waals surface area contributed by atoms with E-state index in [4.69, 9.17) is 14.4 Å². The van der Waals surface area contributed by atoms with Gasteiger partial charge >= 0.3 is 7.12 Å². The lowest BCUT2D eigenvalue weighted by Crippen LogP contribution is -2.41. The zero-order valence-corrected chi connectivity index (χ0v) is 17.7. The molecule has 1 aromatic rings. The minimum atomic E-state index is -3.87. The van der Waals surface area contributed by atoms with Crippen LogP contribution >= 0.6 is 0 Å². The van der Waals surface area contributed by atoms with Crippen molar-refractivity contribution in [1.29, 1.82) is 0 Å². The highest BCUT2D eigenvalue weighted by Crippen LogP contribution is 2.36. The fourth-order valence-corrected chi connectivity index (χ4v) is 4.68. The molecule has 3 heterocycles. The molecule has 0 saturated carbocycles. The number of nitrogens with zero attached hydrogens (tertiary/aromatic N) is 3. The van der Waals surface area contributed by atoms with Crippen molar-refractivity contribution in [2.24, 2.45) is 0 Å². The number of aromatic nitrogens is 2. The summed E-state index contributed by atoms with van der Waals surface area (Å²) >= 11 is 0. The number of hydrogen-bond acceptors (Lipinski definition) is 9. The predicted octanol–water partition coefficient (Wildman–Crippen LogP) is -1.50. The molecule has 10 nitrogen and oxygen atoms in total. The van der Waals surface area contributed by atoms with Gasteiger partial charge in [0, 0.05) is 30.9 Å². The second kappa shape index (κ2) is 7.58. The second-order valence-electron chi connectivity index (χ2n) is 8.33. The van der Waals surface area contributed by atoms with Crippen molar-refractivity contribution in [3.8, 4) is 0 Å². The van der Waals surface area contributed by atoms with Crippen LogP contribution < -0.4 is 5.46 Å². The van der Waals surface area contributed by atoms with E-state index in [1.165, 1.54) is 17.3 Å². The minimum Gasteiger partial charge on any atom is -0.399 e. The van der Waals surface area contributed by atoms with Crippen molar-refractivity contribution in [3.05, 3.63) is 12.4 Å². The highest BCUT2D eigenvalue weighted by molar-refractivity contribution is 7.91. The van der Waals surface area contributed by atoms with Crippen LogP contribution in [-0.2, 0) is 23.9 Å². The Balaban J connectivity index is 1.72. The molecule has 0 bridgehead atoms. The molecule has 2 fully saturated rings. The molecule has 2 atom stereocenters. The van der Waals surface area contributed by atoms with Crippen LogP contribution in [0.4, 0.5) is 0 Å². The molecule has 12 heteroatoms. The van der Waals surface area contributed by atoms with Gasteiger partial charge < -0.3 is 24.4 Å². The maximum Gasteiger partial charge on any atom is 0.498 e. The average Bonchev–Trinajstić information content (AvgIpc) is 3.24. The van der Waals surface area contributed by atoms with Gasteiger partial charge in [-0.1, -0.05) is 0 Å². The van der Waals surface area contributed by atoms with Crippen LogP contribution in [0.2, 0.25) is 0 Å². The number of sulfone groups is 1. The number of carbonyl (C=O) groups is 1. The fraction of sp³-hybridized carbons (Fsp3) is 0.706. The van der Waals surface area contributed by atoms with Crippen LogP contribution in [0.5, 0.6) is 0 Å². The summed E-state index contributed by atoms with van der Waals surface area (Å²) in [6.45, 7) is 7.02. The van der Waals surface area contributed by atoms with Crippen molar-refractivity contribution in [3.63, 3.8) is 0 Å². The van der Waals surface area contributed by atoms with Gasteiger partial charge in [-0.05, 0) is 34.1 Å². The van der Waals surface area contributed by atoms with Gasteiger partial charge in [-0.3, -0.25) is 4.79 Å². The first kappa shape index (κ1) is 22.1. The molecule has 2 aliphatic heterocycles. The molecule has 0 unspecified atom stereocenters. The van der Waals surface area contributed by atoms with E-state index in [9.17, 15) is 18.3 Å². The lowest BCUT2D eigenvalue weighted by molar-refractivity contribution is -0.140. The largest absolute Gasteiger partial charge is 0.498 e. The lowest BCUT2D eigenvalue weighted by atomic mass is 9.81. The molecule has 2 N–H and O–H groups in total. The number of rotatable bonds is 5. The van der Waals surface area contributed by atoms with Crippen LogP contribution in [0.25, 0.3) is 0 Å². The summed E-state index contributed by atoms with van der Waals surface area (Å²) in [6.07, 6.45) is 1.39. The van der Waals surface area contributed by atoms with Crippen LogP contribution in [0, 0.1) is 0 Å². The Bertz CT molecular complexity index is 860. The van der Waals surface area contributed by atoms with Gasteiger partial charge in [-0.25, -0.2) is 18.4 Å². The van der Waals surface area contributed by atoms with E-state index in [-0.39, 0.29) is 24.7 Å². The summed E-state index contributed by atoms with van der Waals surface area (Å²) in [4.78, 5) is 21.2. The summed E-state index contributed by atoms with van der Waals surface area (Å²) in [5.74, 6) is -0.692. The molecular weight excluding hydrogens is 401 g/mol. The van der Waals surface area contributed by atoms with Gasteiger partial charge in [-0.15, -0.1) is 0 Å². The minimum absolute atomic E-state index is 0.0828. The molecule has 29 heavy (non-hydrogen) atoms. The van der Waals surface area contributed by atoms with Gasteiger partial charge in [0.1, 0.15) is 0 Å². The monoisotopic (exact) mass is 427 g/mol. The molecule has 0 radical (unpaired) electrons. The van der Waals surface area contributed by atoms with E-state index in [0.717, 1.165) is 0 Å². The third-order valence-electron chi connectivity index (χ3n) is 5.78. The van der Waals surface area contributed by atoms with Crippen molar-refractivity contribution in [2.45, 2.75) is 61.8 Å². The quantitative estimate of drug-likeness (QED) is 0.425. The highest BCUT2D eigenvalue weighted by Gasteiger charge is 2.52. The zero-order valence-electron chi connectivity index (χ0n) is 16.9. The van der Waals surface area contributed by atoms with E-state index < -0.39 is 52.0 Å². The maximum atomic E-state index is 12.8. The van der Waals surface area contributed by atoms with Gasteiger partial charge in [0.25, 0.3) is 5.91 Å². The summed E-state index contributed by atoms with van der Waals surface area (Å²) in [5, 5.41) is 17.1. The number of aliphatic hydroxyl groups is 2. The first-order valence-electron chi connectivity index (χ1n) is 9.38. The predicted molar refractivity (Wildman–Crippen MR) is 103 cm³/mol. The topological polar surface area (TPSA) is 139 Å². The zero-order chi connectivity index (χ0) is 21.6. The first-order valence-corrected chi connectivity index (χ1v) is 10.9. The van der Waals surface area contributed by atoms with E-state index in [1.54, 1.807) is 0 Å². The summed E-state index contributed by atoms with van der Waals surface area (Å²) in [7, 11) is -4.56. The molecule has 3 rings (SSSR count). The van der Waals surface area contributed by atoms with E-state index in [0.29, 0.717) is 5.46 Å². The molecule has 1 aromatic heterocycles. The number of carbonyl (C=O) groups excluding carboxylic acids is 1. The van der Waals surface area contributed by atoms with Crippen molar-refractivity contribution >= 4 is 28.3 Å². The van der Waals surface area contributed by atoms with Crippen LogP contribution in [-0.4, -0.2) is 88.8 Å². The molecule has 0 aromatic carbocycles. The number of amides is 1. The van der Waals surface area contributed by atoms with Gasteiger partial charge in [0.2, 0.25) is 15.0 Å². The summed E-state index contributed by atoms with van der Waals surface area (Å²) < 4.78 is 37.5. The van der Waals surface area contributed by atoms with E-state index >= 15 is 0 Å². The Morgan fingerprint density at radius 2 is 1.83 bits per heavy atom. The molecule has 2 saturated heterocycles. The number of likely N-dealkylation sites (tertiary alicyclic amines) is 1. The lowest BCUT2D eigenvalue weighted by Gasteiger charge is -2.32. The smallest absolute Gasteiger partial charge is 0.399 e. The van der Waals surface area contributed by atoms with Crippen molar-refractivity contribution in [1.82, 2.24) is 14.9 Å². The molecular formula is C17H26BN3O7S. The normalized spacial score (nSPS) is 24.7. The Labute approximate surface area is 170 Å². The first-order chi connectivity index (χ1) is 13.4. The number of aliphatic hydroxyl groups excluding tert-OH is 2. The molecule has 0 spiro atoms. The van der Waals surface area contributed by atoms with Crippen LogP contribution in [0.15, 0.2) is 17.6 Å². The van der Waals surface area contributed by atoms with Gasteiger partial charge in [0.05, 0.1) is 23.1 Å². The van der Waals surface area contributed by atoms with Crippen LogP contribution in [0.1, 0.15) is 34.1 Å². The molecule has 2 aliphatic rings. The van der Waals surface area contributed by atoms with E-state index in [1.807, 2.05) is 27.7 Å². The Morgan fingerprint density at radius 3 is 2.34 bits per heavy atom. The molecule has 1 amide bonds. The highest BCUT2D eigenvalue weighted by atomic mass is 32.2. The van der Waals surface area contributed by atoms with Gasteiger partial charge in [0.15, 0.2) is 6.10 Å². The third kappa shape index (κ3) is 4.04. The van der Waals surface area contributed by atoms with Crippen molar-refractivity contribution < 1.29 is 32.7 Å². The van der Waals surface area contributed by atoms with Crippen molar-refractivity contribution in [2.75, 3.05) is 19.7 Å². The Hall–Kier alpha value is -1.60. The summed E-state index contributed by atoms with van der Waals surface area (Å²) in [6, 6.07) is 0. The standard InChI is InChI=1S/C17H26BN3O7S/c1-16(2)17(3,4)28-18(27-16)11-7-19-15(20-8-11)29(25,26)12-5-6-21(9-12)14(24)13(23)10-22/h7-8,12-13,22-23H,5-6,9-10H2,1-4H3/t12-,13+/m0/s1. The number of hydrogen-bond donors (Lipinski definition) is 2. The average molecular weight is 427 g/mol. The van der Waals surface area contributed by atoms with Crippen LogP contribution in [0.3, 0.4) is 0 Å².